The number of benzene rings is 2. The van der Waals surface area contributed by atoms with Crippen molar-refractivity contribution in [2.75, 3.05) is 0 Å². The minimum atomic E-state index is 0. The summed E-state index contributed by atoms with van der Waals surface area (Å²) in [7, 11) is 3.73. The zero-order chi connectivity index (χ0) is 17.2. The summed E-state index contributed by atoms with van der Waals surface area (Å²) < 4.78 is 3.48. The minimum Gasteiger partial charge on any atom is -0.253 e. The number of nitrogens with zero attached hydrogens (tertiary/aromatic N) is 6. The van der Waals surface area contributed by atoms with Crippen molar-refractivity contribution in [3.8, 4) is 22.8 Å². The van der Waals surface area contributed by atoms with E-state index in [1.165, 1.54) is 11.8 Å². The molecule has 0 saturated heterocycles. The van der Waals surface area contributed by atoms with E-state index in [2.05, 4.69) is 32.3 Å². The fraction of sp³-hybridized carbons (Fsp3) is 0.111. The van der Waals surface area contributed by atoms with Gasteiger partial charge in [0.25, 0.3) is 0 Å². The van der Waals surface area contributed by atoms with Crippen molar-refractivity contribution in [2.24, 2.45) is 14.1 Å². The van der Waals surface area contributed by atoms with Crippen LogP contribution >= 0.6 is 11.8 Å². The Morgan fingerprint density at radius 3 is 1.62 bits per heavy atom. The summed E-state index contributed by atoms with van der Waals surface area (Å²) >= 11 is 1.42. The van der Waals surface area contributed by atoms with E-state index in [0.29, 0.717) is 11.6 Å². The molecule has 0 aliphatic heterocycles. The quantitative estimate of drug-likeness (QED) is 0.372. The molecule has 2 aromatic carbocycles. The first-order chi connectivity index (χ1) is 12.2. The summed E-state index contributed by atoms with van der Waals surface area (Å²) in [6.07, 6.45) is 0. The van der Waals surface area contributed by atoms with Crippen LogP contribution in [0.5, 0.6) is 0 Å². The summed E-state index contributed by atoms with van der Waals surface area (Å²) in [5.74, 6) is 1.29. The third-order valence-electron chi connectivity index (χ3n) is 3.53. The Bertz CT molecular complexity index is 915. The van der Waals surface area contributed by atoms with Gasteiger partial charge < -0.3 is 0 Å². The van der Waals surface area contributed by atoms with E-state index in [1.807, 2.05) is 62.6 Å². The third kappa shape index (κ3) is 3.79. The van der Waals surface area contributed by atoms with Gasteiger partial charge in [-0.15, -0.1) is 71.8 Å². The monoisotopic (exact) mass is 541 g/mol. The van der Waals surface area contributed by atoms with Crippen LogP contribution in [0.25, 0.3) is 22.8 Å². The predicted octanol–water partition coefficient (Wildman–Crippen LogP) is 3.03. The molecule has 4 rings (SSSR count). The van der Waals surface area contributed by atoms with Gasteiger partial charge in [-0.1, -0.05) is 0 Å². The number of aryl methyl sites for hydroxylation is 2. The molecular weight excluding hydrogens is 527 g/mol. The molecule has 4 aromatic rings. The summed E-state index contributed by atoms with van der Waals surface area (Å²) in [5.41, 5.74) is 1.73. The molecule has 6 nitrogen and oxygen atoms in total. The van der Waals surface area contributed by atoms with Gasteiger partial charge in [0, 0.05) is 14.1 Å². The van der Waals surface area contributed by atoms with E-state index in [1.54, 1.807) is 9.36 Å². The zero-order valence-electron chi connectivity index (χ0n) is 14.0. The first-order valence-corrected chi connectivity index (χ1v) is 8.46. The summed E-state index contributed by atoms with van der Waals surface area (Å²) in [5, 5.41) is 10.4. The van der Waals surface area contributed by atoms with Crippen LogP contribution in [0.15, 0.2) is 58.8 Å². The Labute approximate surface area is 169 Å². The van der Waals surface area contributed by atoms with Gasteiger partial charge in [-0.05, 0) is 11.8 Å². The zero-order valence-corrected chi connectivity index (χ0v) is 17.1. The Kier molecular flexibility index (Phi) is 5.69. The van der Waals surface area contributed by atoms with Crippen molar-refractivity contribution in [3.05, 3.63) is 60.7 Å². The van der Waals surface area contributed by atoms with Crippen LogP contribution in [0.3, 0.4) is 0 Å². The van der Waals surface area contributed by atoms with Crippen molar-refractivity contribution in [1.29, 1.82) is 0 Å². The smallest absolute Gasteiger partial charge is 0.253 e. The van der Waals surface area contributed by atoms with Crippen LogP contribution in [-0.4, -0.2) is 29.5 Å². The molecule has 0 aliphatic carbocycles. The standard InChI is InChI=1S/C18H14N6S.Pt/c1-23-17(19-15(21-23)13-9-5-3-6-10-13)25-18-20-16(22-24(18)2)14-11-7-4-8-12-14;/h3-9,11H,1-2H3;/q-2;+2. The second-order valence-corrected chi connectivity index (χ2v) is 6.27. The molecule has 0 atom stereocenters. The predicted molar refractivity (Wildman–Crippen MR) is 94.7 cm³/mol. The SMILES string of the molecule is Cn1nc(-c2[c-]cccc2)nc1Sc1nc(-c2[c-]cccc2)nn1C.[Pt+2]. The maximum atomic E-state index is 4.59. The molecule has 132 valence electrons. The molecule has 0 amide bonds. The molecule has 2 aromatic heterocycles. The van der Waals surface area contributed by atoms with Gasteiger partial charge in [-0.2, -0.15) is 0 Å². The van der Waals surface area contributed by atoms with Crippen molar-refractivity contribution in [1.82, 2.24) is 29.5 Å². The van der Waals surface area contributed by atoms with Crippen molar-refractivity contribution >= 4 is 11.8 Å². The third-order valence-corrected chi connectivity index (χ3v) is 4.60. The molecule has 0 fully saturated rings. The second-order valence-electron chi connectivity index (χ2n) is 5.34. The van der Waals surface area contributed by atoms with Crippen molar-refractivity contribution in [2.45, 2.75) is 10.3 Å². The van der Waals surface area contributed by atoms with Gasteiger partial charge in [-0.3, -0.25) is 19.3 Å². The van der Waals surface area contributed by atoms with E-state index in [9.17, 15) is 0 Å². The molecule has 0 aliphatic rings. The molecule has 0 spiro atoms. The van der Waals surface area contributed by atoms with Crippen LogP contribution < -0.4 is 0 Å². The minimum absolute atomic E-state index is 0. The fourth-order valence-corrected chi connectivity index (χ4v) is 3.07. The Morgan fingerprint density at radius 1 is 0.769 bits per heavy atom. The van der Waals surface area contributed by atoms with E-state index in [0.717, 1.165) is 21.4 Å². The van der Waals surface area contributed by atoms with Gasteiger partial charge >= 0.3 is 21.1 Å². The number of hydrogen-bond acceptors (Lipinski definition) is 5. The number of rotatable bonds is 4. The van der Waals surface area contributed by atoms with E-state index in [4.69, 9.17) is 0 Å². The van der Waals surface area contributed by atoms with Crippen molar-refractivity contribution in [3.63, 3.8) is 0 Å². The molecule has 26 heavy (non-hydrogen) atoms. The Morgan fingerprint density at radius 2 is 1.23 bits per heavy atom. The van der Waals surface area contributed by atoms with E-state index >= 15 is 0 Å². The molecule has 8 heteroatoms. The van der Waals surface area contributed by atoms with Gasteiger partial charge in [0.15, 0.2) is 10.3 Å². The van der Waals surface area contributed by atoms with Gasteiger partial charge in [-0.25, -0.2) is 10.2 Å². The molecule has 0 bridgehead atoms. The maximum absolute atomic E-state index is 4.59. The molecule has 0 N–H and O–H groups in total. The Balaban J connectivity index is 0.00000196. The molecule has 0 unspecified atom stereocenters. The average molecular weight is 541 g/mol. The summed E-state index contributed by atoms with van der Waals surface area (Å²) in [6, 6.07) is 21.6. The second kappa shape index (κ2) is 7.97. The number of aromatic nitrogens is 6. The van der Waals surface area contributed by atoms with Crippen LogP contribution in [0.4, 0.5) is 0 Å². The average Bonchev–Trinajstić information content (AvgIpc) is 3.20. The van der Waals surface area contributed by atoms with Crippen LogP contribution in [0, 0.1) is 12.1 Å². The van der Waals surface area contributed by atoms with E-state index < -0.39 is 0 Å². The number of hydrogen-bond donors (Lipinski definition) is 0. The summed E-state index contributed by atoms with van der Waals surface area (Å²) in [4.78, 5) is 9.19. The fourth-order valence-electron chi connectivity index (χ4n) is 2.29. The first kappa shape index (κ1) is 18.5. The van der Waals surface area contributed by atoms with Crippen LogP contribution in [-0.2, 0) is 35.2 Å². The molecular formula is C18H14N6PtS. The molecule has 0 saturated carbocycles. The molecule has 2 heterocycles. The topological polar surface area (TPSA) is 61.4 Å². The van der Waals surface area contributed by atoms with Crippen LogP contribution in [0.1, 0.15) is 0 Å². The Hall–Kier alpha value is -2.24. The summed E-state index contributed by atoms with van der Waals surface area (Å²) in [6.45, 7) is 0. The van der Waals surface area contributed by atoms with Crippen molar-refractivity contribution < 1.29 is 21.1 Å². The molecule has 0 radical (unpaired) electrons. The largest absolute Gasteiger partial charge is 2.00 e. The van der Waals surface area contributed by atoms with Crippen LogP contribution in [0.2, 0.25) is 0 Å². The first-order valence-electron chi connectivity index (χ1n) is 7.65. The van der Waals surface area contributed by atoms with Gasteiger partial charge in [0.05, 0.1) is 11.6 Å². The van der Waals surface area contributed by atoms with Gasteiger partial charge in [0.1, 0.15) is 0 Å². The normalized spacial score (nSPS) is 10.5. The maximum Gasteiger partial charge on any atom is 2.00 e. The van der Waals surface area contributed by atoms with Gasteiger partial charge in [0.2, 0.25) is 0 Å². The van der Waals surface area contributed by atoms with E-state index in [-0.39, 0.29) is 21.1 Å².